The fourth-order valence-corrected chi connectivity index (χ4v) is 3.95. The largest absolute Gasteiger partial charge is 0.494 e. The van der Waals surface area contributed by atoms with Gasteiger partial charge in [-0.25, -0.2) is 4.79 Å². The van der Waals surface area contributed by atoms with Crippen LogP contribution < -0.4 is 9.47 Å². The van der Waals surface area contributed by atoms with Gasteiger partial charge in [-0.3, -0.25) is 0 Å². The maximum atomic E-state index is 12.6. The Kier molecular flexibility index (Phi) is 10.9. The Morgan fingerprint density at radius 1 is 0.743 bits per heavy atom. The highest BCUT2D eigenvalue weighted by molar-refractivity contribution is 5.91. The average molecular weight is 473 g/mol. The minimum atomic E-state index is -0.360. The maximum absolute atomic E-state index is 12.6. The van der Waals surface area contributed by atoms with Crippen molar-refractivity contribution in [3.8, 4) is 22.6 Å². The van der Waals surface area contributed by atoms with Gasteiger partial charge in [-0.15, -0.1) is 0 Å². The third-order valence-corrected chi connectivity index (χ3v) is 6.58. The van der Waals surface area contributed by atoms with Crippen molar-refractivity contribution in [2.24, 2.45) is 5.92 Å². The third kappa shape index (κ3) is 8.90. The summed E-state index contributed by atoms with van der Waals surface area (Å²) in [6, 6.07) is 23.6. The van der Waals surface area contributed by atoms with Gasteiger partial charge in [-0.1, -0.05) is 89.3 Å². The Hall–Kier alpha value is -3.07. The molecule has 3 aromatic rings. The Balaban J connectivity index is 1.48. The molecule has 1 atom stereocenters. The average Bonchev–Trinajstić information content (AvgIpc) is 2.90. The van der Waals surface area contributed by atoms with Crippen LogP contribution in [-0.2, 0) is 6.42 Å². The predicted octanol–water partition coefficient (Wildman–Crippen LogP) is 8.90. The van der Waals surface area contributed by atoms with Crippen LogP contribution in [0.15, 0.2) is 72.8 Å². The molecule has 0 fully saturated rings. The predicted molar refractivity (Wildman–Crippen MR) is 145 cm³/mol. The molecule has 3 nitrogen and oxygen atoms in total. The molecule has 0 unspecified atom stereocenters. The number of benzene rings is 3. The molecule has 0 saturated heterocycles. The van der Waals surface area contributed by atoms with E-state index in [0.717, 1.165) is 42.2 Å². The van der Waals surface area contributed by atoms with E-state index < -0.39 is 0 Å². The first-order chi connectivity index (χ1) is 17.1. The van der Waals surface area contributed by atoms with E-state index in [1.807, 2.05) is 36.4 Å². The van der Waals surface area contributed by atoms with Gasteiger partial charge in [0.2, 0.25) is 0 Å². The van der Waals surface area contributed by atoms with Crippen molar-refractivity contribution in [1.82, 2.24) is 0 Å². The third-order valence-electron chi connectivity index (χ3n) is 6.58. The summed E-state index contributed by atoms with van der Waals surface area (Å²) in [5.41, 5.74) is 4.15. The molecule has 35 heavy (non-hydrogen) atoms. The summed E-state index contributed by atoms with van der Waals surface area (Å²) in [4.78, 5) is 12.6. The van der Waals surface area contributed by atoms with Crippen LogP contribution in [0.2, 0.25) is 0 Å². The van der Waals surface area contributed by atoms with E-state index in [-0.39, 0.29) is 5.97 Å². The topological polar surface area (TPSA) is 35.5 Å². The highest BCUT2D eigenvalue weighted by Crippen LogP contribution is 2.23. The summed E-state index contributed by atoms with van der Waals surface area (Å²) >= 11 is 0. The number of esters is 1. The van der Waals surface area contributed by atoms with Gasteiger partial charge < -0.3 is 9.47 Å². The lowest BCUT2D eigenvalue weighted by molar-refractivity contribution is 0.0734. The van der Waals surface area contributed by atoms with E-state index in [4.69, 9.17) is 9.47 Å². The minimum absolute atomic E-state index is 0.360. The van der Waals surface area contributed by atoms with Crippen LogP contribution in [0.3, 0.4) is 0 Å². The standard InChI is InChI=1S/C32H40O3/c1-4-6-7-8-9-24-34-30-20-22-31(23-21-30)35-32(33)29-18-16-28(17-19-29)27-14-12-26(13-15-27)11-10-25(3)5-2/h12-23,25H,4-11,24H2,1-3H3/t25-/m0/s1. The van der Waals surface area contributed by atoms with Crippen LogP contribution >= 0.6 is 0 Å². The number of carbonyl (C=O) groups is 1. The van der Waals surface area contributed by atoms with Gasteiger partial charge in [0.15, 0.2) is 0 Å². The second-order valence-electron chi connectivity index (χ2n) is 9.45. The summed E-state index contributed by atoms with van der Waals surface area (Å²) in [5, 5.41) is 0. The summed E-state index contributed by atoms with van der Waals surface area (Å²) in [6.45, 7) is 7.49. The highest BCUT2D eigenvalue weighted by Gasteiger charge is 2.10. The SMILES string of the molecule is CCCCCCCOc1ccc(OC(=O)c2ccc(-c3ccc(CC[C@@H](C)CC)cc3)cc2)cc1. The second kappa shape index (κ2) is 14.4. The van der Waals surface area contributed by atoms with E-state index in [9.17, 15) is 4.79 Å². The van der Waals surface area contributed by atoms with Crippen LogP contribution in [0, 0.1) is 5.92 Å². The fourth-order valence-electron chi connectivity index (χ4n) is 3.95. The maximum Gasteiger partial charge on any atom is 0.343 e. The highest BCUT2D eigenvalue weighted by atomic mass is 16.5. The van der Waals surface area contributed by atoms with E-state index in [1.165, 1.54) is 44.1 Å². The molecule has 0 N–H and O–H groups in total. The van der Waals surface area contributed by atoms with Crippen molar-refractivity contribution in [3.63, 3.8) is 0 Å². The zero-order valence-electron chi connectivity index (χ0n) is 21.6. The first kappa shape index (κ1) is 26.5. The lowest BCUT2D eigenvalue weighted by Gasteiger charge is -2.09. The lowest BCUT2D eigenvalue weighted by atomic mass is 9.97. The Labute approximate surface area is 211 Å². The number of rotatable bonds is 14. The van der Waals surface area contributed by atoms with Gasteiger partial charge in [0, 0.05) is 0 Å². The first-order valence-electron chi connectivity index (χ1n) is 13.2. The molecule has 0 bridgehead atoms. The second-order valence-corrected chi connectivity index (χ2v) is 9.45. The molecular formula is C32H40O3. The molecule has 0 radical (unpaired) electrons. The number of carbonyl (C=O) groups excluding carboxylic acids is 1. The van der Waals surface area contributed by atoms with Crippen LogP contribution in [0.5, 0.6) is 11.5 Å². The Morgan fingerprint density at radius 2 is 1.34 bits per heavy atom. The molecule has 0 spiro atoms. The summed E-state index contributed by atoms with van der Waals surface area (Å²) in [5.74, 6) is 1.72. The normalized spacial score (nSPS) is 11.7. The van der Waals surface area contributed by atoms with E-state index in [0.29, 0.717) is 11.3 Å². The molecule has 3 rings (SSSR count). The van der Waals surface area contributed by atoms with Crippen molar-refractivity contribution in [2.45, 2.75) is 72.1 Å². The fraction of sp³-hybridized carbons (Fsp3) is 0.406. The van der Waals surface area contributed by atoms with Crippen molar-refractivity contribution >= 4 is 5.97 Å². The molecule has 3 aromatic carbocycles. The molecule has 0 aromatic heterocycles. The molecular weight excluding hydrogens is 432 g/mol. The van der Waals surface area contributed by atoms with Gasteiger partial charge in [-0.05, 0) is 78.3 Å². The van der Waals surface area contributed by atoms with Gasteiger partial charge in [-0.2, -0.15) is 0 Å². The smallest absolute Gasteiger partial charge is 0.343 e. The zero-order valence-corrected chi connectivity index (χ0v) is 21.6. The number of hydrogen-bond acceptors (Lipinski definition) is 3. The Morgan fingerprint density at radius 3 is 1.97 bits per heavy atom. The van der Waals surface area contributed by atoms with E-state index in [2.05, 4.69) is 45.0 Å². The molecule has 0 amide bonds. The van der Waals surface area contributed by atoms with E-state index in [1.54, 1.807) is 12.1 Å². The Bertz CT molecular complexity index is 1000. The van der Waals surface area contributed by atoms with Gasteiger partial charge in [0.25, 0.3) is 0 Å². The van der Waals surface area contributed by atoms with Crippen molar-refractivity contribution in [1.29, 1.82) is 0 Å². The van der Waals surface area contributed by atoms with Crippen LogP contribution in [0.1, 0.15) is 81.6 Å². The summed E-state index contributed by atoms with van der Waals surface area (Å²) in [7, 11) is 0. The van der Waals surface area contributed by atoms with Gasteiger partial charge in [0.05, 0.1) is 12.2 Å². The number of ether oxygens (including phenoxy) is 2. The van der Waals surface area contributed by atoms with E-state index >= 15 is 0 Å². The van der Waals surface area contributed by atoms with Crippen molar-refractivity contribution < 1.29 is 14.3 Å². The molecule has 186 valence electrons. The van der Waals surface area contributed by atoms with Crippen molar-refractivity contribution in [3.05, 3.63) is 83.9 Å². The molecule has 0 aliphatic heterocycles. The molecule has 0 aliphatic carbocycles. The van der Waals surface area contributed by atoms with Crippen LogP contribution in [0.4, 0.5) is 0 Å². The number of hydrogen-bond donors (Lipinski definition) is 0. The van der Waals surface area contributed by atoms with Crippen LogP contribution in [0.25, 0.3) is 11.1 Å². The number of unbranched alkanes of at least 4 members (excludes halogenated alkanes) is 4. The molecule has 0 aliphatic rings. The first-order valence-corrected chi connectivity index (χ1v) is 13.2. The molecule has 3 heteroatoms. The quantitative estimate of drug-likeness (QED) is 0.133. The zero-order chi connectivity index (χ0) is 24.9. The minimum Gasteiger partial charge on any atom is -0.494 e. The van der Waals surface area contributed by atoms with Crippen molar-refractivity contribution in [2.75, 3.05) is 6.61 Å². The molecule has 0 heterocycles. The summed E-state index contributed by atoms with van der Waals surface area (Å²) < 4.78 is 11.3. The summed E-state index contributed by atoms with van der Waals surface area (Å²) in [6.07, 6.45) is 9.63. The lowest BCUT2D eigenvalue weighted by Crippen LogP contribution is -2.08. The number of aryl methyl sites for hydroxylation is 1. The molecule has 0 saturated carbocycles. The van der Waals surface area contributed by atoms with Crippen LogP contribution in [-0.4, -0.2) is 12.6 Å². The van der Waals surface area contributed by atoms with Gasteiger partial charge in [0.1, 0.15) is 11.5 Å². The van der Waals surface area contributed by atoms with Gasteiger partial charge >= 0.3 is 5.97 Å². The monoisotopic (exact) mass is 472 g/mol.